The molecule has 35 heavy (non-hydrogen) atoms. The Kier molecular flexibility index (Phi) is 20.9. The molecule has 0 fully saturated rings. The second-order valence-corrected chi connectivity index (χ2v) is 15.7. The van der Waals surface area contributed by atoms with Gasteiger partial charge in [0.1, 0.15) is 0 Å². The largest absolute Gasteiger partial charge is 0.0985 e. The Morgan fingerprint density at radius 3 is 1.26 bits per heavy atom. The molecule has 0 aliphatic heterocycles. The van der Waals surface area contributed by atoms with Crippen molar-refractivity contribution in [2.24, 2.45) is 0 Å². The van der Waals surface area contributed by atoms with Crippen molar-refractivity contribution >= 4 is 13.3 Å². The lowest BCUT2D eigenvalue weighted by molar-refractivity contribution is 0.615. The molecule has 0 spiro atoms. The van der Waals surface area contributed by atoms with Crippen LogP contribution in [0.4, 0.5) is 0 Å². The van der Waals surface area contributed by atoms with E-state index in [1.807, 2.05) is 6.08 Å². The zero-order chi connectivity index (χ0) is 25.5. The standard InChI is InChI=1S/C34H62P/c1-5-9-12-15-18-21-29-35(30-22-19-16-13-10-6-2,31-23-20-17-14-11-7-3)32-28-34-26-24-33(8-4)25-27-34/h8,24-27H,4-7,9-23,28-32H2,1-3H3/q+1. The van der Waals surface area contributed by atoms with Crippen LogP contribution in [0.5, 0.6) is 0 Å². The molecule has 0 unspecified atom stereocenters. The molecular formula is C34H62P+. The summed E-state index contributed by atoms with van der Waals surface area (Å²) < 4.78 is 0. The minimum Gasteiger partial charge on any atom is -0.0985 e. The van der Waals surface area contributed by atoms with Crippen LogP contribution < -0.4 is 0 Å². The number of aryl methyl sites for hydroxylation is 1. The van der Waals surface area contributed by atoms with E-state index in [0.717, 1.165) is 0 Å². The molecule has 0 amide bonds. The van der Waals surface area contributed by atoms with Crippen molar-refractivity contribution in [3.63, 3.8) is 0 Å². The molecule has 0 aromatic heterocycles. The maximum Gasteiger partial charge on any atom is 0.0634 e. The minimum absolute atomic E-state index is 0.867. The summed E-state index contributed by atoms with van der Waals surface area (Å²) >= 11 is 0. The van der Waals surface area contributed by atoms with Crippen LogP contribution in [0.3, 0.4) is 0 Å². The molecule has 0 radical (unpaired) electrons. The molecule has 1 aromatic carbocycles. The van der Waals surface area contributed by atoms with Gasteiger partial charge in [0, 0.05) is 13.7 Å². The van der Waals surface area contributed by atoms with Crippen molar-refractivity contribution in [2.75, 3.05) is 24.6 Å². The number of benzene rings is 1. The molecule has 1 heteroatoms. The first kappa shape index (κ1) is 32.4. The zero-order valence-corrected chi connectivity index (χ0v) is 25.2. The van der Waals surface area contributed by atoms with Gasteiger partial charge in [0.15, 0.2) is 0 Å². The fraction of sp³-hybridized carbons (Fsp3) is 0.765. The highest BCUT2D eigenvalue weighted by Gasteiger charge is 2.35. The van der Waals surface area contributed by atoms with Gasteiger partial charge in [0.2, 0.25) is 0 Å². The number of rotatable bonds is 25. The summed E-state index contributed by atoms with van der Waals surface area (Å²) in [7, 11) is -0.867. The van der Waals surface area contributed by atoms with Crippen molar-refractivity contribution in [3.8, 4) is 0 Å². The summed E-state index contributed by atoms with van der Waals surface area (Å²) in [5.41, 5.74) is 2.80. The van der Waals surface area contributed by atoms with Gasteiger partial charge in [-0.3, -0.25) is 0 Å². The van der Waals surface area contributed by atoms with Gasteiger partial charge in [-0.1, -0.05) is 135 Å². The molecular weight excluding hydrogens is 439 g/mol. The van der Waals surface area contributed by atoms with Crippen LogP contribution in [0.15, 0.2) is 30.8 Å². The molecule has 0 aliphatic carbocycles. The normalized spacial score (nSPS) is 11.7. The Balaban J connectivity index is 2.77. The van der Waals surface area contributed by atoms with E-state index in [4.69, 9.17) is 0 Å². The quantitative estimate of drug-likeness (QED) is 0.0923. The van der Waals surface area contributed by atoms with Gasteiger partial charge in [-0.05, 0) is 49.7 Å². The highest BCUT2D eigenvalue weighted by Crippen LogP contribution is 2.61. The van der Waals surface area contributed by atoms with Crippen molar-refractivity contribution in [2.45, 2.75) is 143 Å². The van der Waals surface area contributed by atoms with Crippen LogP contribution >= 0.6 is 7.26 Å². The van der Waals surface area contributed by atoms with Crippen molar-refractivity contribution < 1.29 is 0 Å². The summed E-state index contributed by atoms with van der Waals surface area (Å²) in [6.07, 6.45) is 35.5. The number of hydrogen-bond acceptors (Lipinski definition) is 0. The van der Waals surface area contributed by atoms with Crippen LogP contribution in [0, 0.1) is 0 Å². The summed E-state index contributed by atoms with van der Waals surface area (Å²) in [5, 5.41) is 0. The smallest absolute Gasteiger partial charge is 0.0634 e. The molecule has 202 valence electrons. The highest BCUT2D eigenvalue weighted by molar-refractivity contribution is 7.75. The first-order valence-corrected chi connectivity index (χ1v) is 18.3. The third-order valence-electron chi connectivity index (χ3n) is 8.05. The van der Waals surface area contributed by atoms with Crippen molar-refractivity contribution in [3.05, 3.63) is 42.0 Å². The van der Waals surface area contributed by atoms with Gasteiger partial charge >= 0.3 is 0 Å². The monoisotopic (exact) mass is 501 g/mol. The van der Waals surface area contributed by atoms with E-state index >= 15 is 0 Å². The summed E-state index contributed by atoms with van der Waals surface area (Å²) in [5.74, 6) is 0. The van der Waals surface area contributed by atoms with Crippen molar-refractivity contribution in [1.82, 2.24) is 0 Å². The van der Waals surface area contributed by atoms with Crippen LogP contribution in [0.25, 0.3) is 6.08 Å². The Morgan fingerprint density at radius 2 is 0.886 bits per heavy atom. The van der Waals surface area contributed by atoms with E-state index in [1.54, 1.807) is 24.0 Å². The molecule has 0 N–H and O–H groups in total. The zero-order valence-electron chi connectivity index (χ0n) is 24.3. The molecule has 1 rings (SSSR count). The SMILES string of the molecule is C=Cc1ccc(CC[P+](CCCCCCCC)(CCCCCCCC)CCCCCCCC)cc1. The minimum atomic E-state index is -0.867. The first-order valence-electron chi connectivity index (χ1n) is 15.8. The maximum atomic E-state index is 3.93. The maximum absolute atomic E-state index is 3.93. The van der Waals surface area contributed by atoms with E-state index < -0.39 is 7.26 Å². The van der Waals surface area contributed by atoms with E-state index in [-0.39, 0.29) is 0 Å². The van der Waals surface area contributed by atoms with E-state index in [9.17, 15) is 0 Å². The topological polar surface area (TPSA) is 0 Å². The van der Waals surface area contributed by atoms with Crippen LogP contribution in [-0.4, -0.2) is 24.6 Å². The Bertz CT molecular complexity index is 546. The average molecular weight is 502 g/mol. The number of unbranched alkanes of at least 4 members (excludes halogenated alkanes) is 15. The lowest BCUT2D eigenvalue weighted by atomic mass is 10.1. The summed E-state index contributed by atoms with van der Waals surface area (Å²) in [6, 6.07) is 9.26. The van der Waals surface area contributed by atoms with Gasteiger partial charge in [0.25, 0.3) is 0 Å². The number of hydrogen-bond donors (Lipinski definition) is 0. The molecule has 0 saturated carbocycles. The molecule has 0 aliphatic rings. The molecule has 0 atom stereocenters. The highest BCUT2D eigenvalue weighted by atomic mass is 31.2. The second kappa shape index (κ2) is 22.6. The molecule has 0 heterocycles. The van der Waals surface area contributed by atoms with Crippen molar-refractivity contribution in [1.29, 1.82) is 0 Å². The fourth-order valence-corrected chi connectivity index (χ4v) is 10.3. The molecule has 0 saturated heterocycles. The average Bonchev–Trinajstić information content (AvgIpc) is 2.89. The Morgan fingerprint density at radius 1 is 0.514 bits per heavy atom. The lowest BCUT2D eigenvalue weighted by Crippen LogP contribution is -2.14. The summed E-state index contributed by atoms with van der Waals surface area (Å²) in [4.78, 5) is 0. The Hall–Kier alpha value is -0.610. The molecule has 1 aromatic rings. The van der Waals surface area contributed by atoms with Gasteiger partial charge in [-0.2, -0.15) is 0 Å². The third kappa shape index (κ3) is 16.7. The van der Waals surface area contributed by atoms with Gasteiger partial charge in [0.05, 0.1) is 24.6 Å². The van der Waals surface area contributed by atoms with E-state index in [0.29, 0.717) is 0 Å². The van der Waals surface area contributed by atoms with Crippen LogP contribution in [-0.2, 0) is 6.42 Å². The summed E-state index contributed by atoms with van der Waals surface area (Å²) in [6.45, 7) is 10.9. The lowest BCUT2D eigenvalue weighted by Gasteiger charge is -2.29. The van der Waals surface area contributed by atoms with Gasteiger partial charge in [-0.25, -0.2) is 0 Å². The van der Waals surface area contributed by atoms with Crippen LogP contribution in [0.1, 0.15) is 147 Å². The van der Waals surface area contributed by atoms with E-state index in [1.165, 1.54) is 134 Å². The predicted molar refractivity (Wildman–Crippen MR) is 167 cm³/mol. The first-order chi connectivity index (χ1) is 17.2. The molecule has 0 nitrogen and oxygen atoms in total. The van der Waals surface area contributed by atoms with E-state index in [2.05, 4.69) is 51.6 Å². The fourth-order valence-electron chi connectivity index (χ4n) is 5.54. The second-order valence-electron chi connectivity index (χ2n) is 11.2. The predicted octanol–water partition coefficient (Wildman–Crippen LogP) is 12.0. The molecule has 0 bridgehead atoms. The third-order valence-corrected chi connectivity index (χ3v) is 13.0. The van der Waals surface area contributed by atoms with Gasteiger partial charge in [-0.15, -0.1) is 0 Å². The van der Waals surface area contributed by atoms with Gasteiger partial charge < -0.3 is 0 Å². The Labute approximate surface area is 222 Å². The van der Waals surface area contributed by atoms with Crippen LogP contribution in [0.2, 0.25) is 0 Å².